The molecule has 26 heavy (non-hydrogen) atoms. The number of rotatable bonds is 4. The van der Waals surface area contributed by atoms with Crippen molar-refractivity contribution in [3.05, 3.63) is 29.6 Å². The summed E-state index contributed by atoms with van der Waals surface area (Å²) in [7, 11) is 0. The minimum atomic E-state index is -0.256. The number of halogens is 1. The predicted octanol–water partition coefficient (Wildman–Crippen LogP) is 3.18. The summed E-state index contributed by atoms with van der Waals surface area (Å²) in [5.74, 6) is 0.421. The first-order valence-electron chi connectivity index (χ1n) is 9.55. The van der Waals surface area contributed by atoms with E-state index in [1.807, 2.05) is 4.90 Å². The molecule has 2 heterocycles. The maximum absolute atomic E-state index is 13.3. The van der Waals surface area contributed by atoms with E-state index < -0.39 is 0 Å². The third kappa shape index (κ3) is 4.34. The number of piperidine rings is 1. The minimum Gasteiger partial charge on any atom is -0.338 e. The topological polar surface area (TPSA) is 52.7 Å². The Morgan fingerprint density at radius 3 is 2.88 bits per heavy atom. The number of anilines is 1. The van der Waals surface area contributed by atoms with Gasteiger partial charge in [0, 0.05) is 38.3 Å². The number of nitrogens with one attached hydrogen (secondary N) is 1. The molecule has 0 radical (unpaired) electrons. The second-order valence-corrected chi connectivity index (χ2v) is 7.81. The van der Waals surface area contributed by atoms with Gasteiger partial charge in [-0.25, -0.2) is 9.18 Å². The molecule has 1 N–H and O–H groups in total. The summed E-state index contributed by atoms with van der Waals surface area (Å²) < 4.78 is 13.3. The van der Waals surface area contributed by atoms with E-state index in [4.69, 9.17) is 0 Å². The Hall–Kier alpha value is -2.11. The minimum absolute atomic E-state index is 0.0298. The number of fused-ring (bicyclic) bond motifs is 1. The van der Waals surface area contributed by atoms with Crippen LogP contribution in [0.2, 0.25) is 0 Å². The van der Waals surface area contributed by atoms with Crippen LogP contribution in [0.3, 0.4) is 0 Å². The van der Waals surface area contributed by atoms with E-state index in [9.17, 15) is 14.0 Å². The quantitative estimate of drug-likeness (QED) is 0.895. The SMILES string of the molecule is CC(C)CNC(=O)N1CCCC(CC(=O)N2CCc3cc(F)ccc32)C1. The molecule has 0 spiro atoms. The zero-order valence-electron chi connectivity index (χ0n) is 15.6. The molecule has 1 fully saturated rings. The van der Waals surface area contributed by atoms with E-state index in [1.165, 1.54) is 12.1 Å². The van der Waals surface area contributed by atoms with Crippen LogP contribution in [0.4, 0.5) is 14.9 Å². The molecule has 142 valence electrons. The van der Waals surface area contributed by atoms with Crippen LogP contribution < -0.4 is 10.2 Å². The van der Waals surface area contributed by atoms with E-state index in [1.54, 1.807) is 11.0 Å². The number of nitrogens with zero attached hydrogens (tertiary/aromatic N) is 2. The summed E-state index contributed by atoms with van der Waals surface area (Å²) in [6, 6.07) is 4.59. The number of urea groups is 1. The fraction of sp³-hybridized carbons (Fsp3) is 0.600. The number of hydrogen-bond acceptors (Lipinski definition) is 2. The first-order chi connectivity index (χ1) is 12.4. The lowest BCUT2D eigenvalue weighted by molar-refractivity contribution is -0.119. The summed E-state index contributed by atoms with van der Waals surface area (Å²) in [6.07, 6.45) is 3.02. The van der Waals surface area contributed by atoms with Crippen LogP contribution in [0.1, 0.15) is 38.7 Å². The Kier molecular flexibility index (Phi) is 5.79. The zero-order chi connectivity index (χ0) is 18.7. The van der Waals surface area contributed by atoms with Gasteiger partial charge < -0.3 is 15.1 Å². The third-order valence-corrected chi connectivity index (χ3v) is 5.17. The highest BCUT2D eigenvalue weighted by molar-refractivity contribution is 5.95. The second kappa shape index (κ2) is 8.06. The van der Waals surface area contributed by atoms with Gasteiger partial charge in [0.15, 0.2) is 0 Å². The van der Waals surface area contributed by atoms with Gasteiger partial charge >= 0.3 is 6.03 Å². The summed E-state index contributed by atoms with van der Waals surface area (Å²) in [5.41, 5.74) is 1.73. The second-order valence-electron chi connectivity index (χ2n) is 7.81. The molecule has 1 aromatic carbocycles. The maximum atomic E-state index is 13.3. The Morgan fingerprint density at radius 1 is 1.31 bits per heavy atom. The molecule has 0 aromatic heterocycles. The van der Waals surface area contributed by atoms with Gasteiger partial charge in [0.25, 0.3) is 0 Å². The molecule has 5 nitrogen and oxygen atoms in total. The van der Waals surface area contributed by atoms with Gasteiger partial charge in [0.1, 0.15) is 5.82 Å². The van der Waals surface area contributed by atoms with Gasteiger partial charge in [0.2, 0.25) is 5.91 Å². The van der Waals surface area contributed by atoms with Crippen molar-refractivity contribution in [2.45, 2.75) is 39.5 Å². The van der Waals surface area contributed by atoms with Crippen LogP contribution in [-0.4, -0.2) is 43.0 Å². The number of carbonyl (C=O) groups is 2. The molecule has 1 aromatic rings. The van der Waals surface area contributed by atoms with Gasteiger partial charge in [-0.1, -0.05) is 13.8 Å². The molecular formula is C20H28FN3O2. The van der Waals surface area contributed by atoms with Gasteiger partial charge in [-0.05, 0) is 54.9 Å². The Morgan fingerprint density at radius 2 is 2.12 bits per heavy atom. The van der Waals surface area contributed by atoms with E-state index in [2.05, 4.69) is 19.2 Å². The number of carbonyl (C=O) groups excluding carboxylic acids is 2. The molecule has 1 atom stereocenters. The molecule has 3 rings (SSSR count). The summed E-state index contributed by atoms with van der Waals surface area (Å²) in [5, 5.41) is 2.96. The van der Waals surface area contributed by atoms with Crippen LogP contribution in [0, 0.1) is 17.7 Å². The van der Waals surface area contributed by atoms with Crippen molar-refractivity contribution in [3.63, 3.8) is 0 Å². The highest BCUT2D eigenvalue weighted by atomic mass is 19.1. The summed E-state index contributed by atoms with van der Waals surface area (Å²) in [4.78, 5) is 28.6. The number of amides is 3. The Balaban J connectivity index is 1.56. The van der Waals surface area contributed by atoms with Crippen molar-refractivity contribution in [1.29, 1.82) is 0 Å². The van der Waals surface area contributed by atoms with E-state index in [-0.39, 0.29) is 23.7 Å². The number of hydrogen-bond donors (Lipinski definition) is 1. The van der Waals surface area contributed by atoms with Crippen LogP contribution in [0.5, 0.6) is 0 Å². The van der Waals surface area contributed by atoms with Crippen LogP contribution in [0.25, 0.3) is 0 Å². The molecule has 6 heteroatoms. The van der Waals surface area contributed by atoms with E-state index in [0.717, 1.165) is 30.6 Å². The highest BCUT2D eigenvalue weighted by Gasteiger charge is 2.30. The maximum Gasteiger partial charge on any atom is 0.317 e. The van der Waals surface area contributed by atoms with E-state index >= 15 is 0 Å². The smallest absolute Gasteiger partial charge is 0.317 e. The molecule has 2 aliphatic heterocycles. The predicted molar refractivity (Wildman–Crippen MR) is 99.6 cm³/mol. The van der Waals surface area contributed by atoms with E-state index in [0.29, 0.717) is 38.4 Å². The molecule has 3 amide bonds. The van der Waals surface area contributed by atoms with Crippen molar-refractivity contribution in [2.24, 2.45) is 11.8 Å². The highest BCUT2D eigenvalue weighted by Crippen LogP contribution is 2.30. The lowest BCUT2D eigenvalue weighted by atomic mass is 9.94. The fourth-order valence-corrected chi connectivity index (χ4v) is 3.81. The van der Waals surface area contributed by atoms with Crippen LogP contribution >= 0.6 is 0 Å². The normalized spacial score (nSPS) is 19.6. The largest absolute Gasteiger partial charge is 0.338 e. The molecular weight excluding hydrogens is 333 g/mol. The van der Waals surface area contributed by atoms with Crippen LogP contribution in [-0.2, 0) is 11.2 Å². The number of benzene rings is 1. The van der Waals surface area contributed by atoms with Crippen molar-refractivity contribution in [1.82, 2.24) is 10.2 Å². The van der Waals surface area contributed by atoms with Gasteiger partial charge in [-0.3, -0.25) is 4.79 Å². The van der Waals surface area contributed by atoms with Gasteiger partial charge in [-0.2, -0.15) is 0 Å². The molecule has 0 aliphatic carbocycles. The lowest BCUT2D eigenvalue weighted by Gasteiger charge is -2.33. The fourth-order valence-electron chi connectivity index (χ4n) is 3.81. The first kappa shape index (κ1) is 18.7. The van der Waals surface area contributed by atoms with Crippen LogP contribution in [0.15, 0.2) is 18.2 Å². The third-order valence-electron chi connectivity index (χ3n) is 5.17. The summed E-state index contributed by atoms with van der Waals surface area (Å²) >= 11 is 0. The Bertz CT molecular complexity index is 677. The lowest BCUT2D eigenvalue weighted by Crippen LogP contribution is -2.47. The van der Waals surface area contributed by atoms with Crippen molar-refractivity contribution in [2.75, 3.05) is 31.1 Å². The monoisotopic (exact) mass is 361 g/mol. The Labute approximate surface area is 154 Å². The van der Waals surface area contributed by atoms with Gasteiger partial charge in [0.05, 0.1) is 0 Å². The van der Waals surface area contributed by atoms with Gasteiger partial charge in [-0.15, -0.1) is 0 Å². The standard InChI is InChI=1S/C20H28FN3O2/c1-14(2)12-22-20(26)23-8-3-4-15(13-23)10-19(25)24-9-7-16-11-17(21)5-6-18(16)24/h5-6,11,14-15H,3-4,7-10,12-13H2,1-2H3,(H,22,26). The molecule has 2 aliphatic rings. The van der Waals surface area contributed by atoms with Crippen molar-refractivity contribution < 1.29 is 14.0 Å². The number of likely N-dealkylation sites (tertiary alicyclic amines) is 1. The average molecular weight is 361 g/mol. The zero-order valence-corrected chi connectivity index (χ0v) is 15.6. The molecule has 1 saturated heterocycles. The first-order valence-corrected chi connectivity index (χ1v) is 9.55. The summed E-state index contributed by atoms with van der Waals surface area (Å²) in [6.45, 7) is 6.79. The molecule has 1 unspecified atom stereocenters. The van der Waals surface area contributed by atoms with Crippen molar-refractivity contribution >= 4 is 17.6 Å². The van der Waals surface area contributed by atoms with Crippen molar-refractivity contribution in [3.8, 4) is 0 Å². The average Bonchev–Trinajstić information content (AvgIpc) is 3.02. The molecule has 0 bridgehead atoms. The molecule has 0 saturated carbocycles.